The molecular formula is C26H30N4O2S. The van der Waals surface area contributed by atoms with Gasteiger partial charge in [-0.05, 0) is 44.0 Å². The molecule has 1 aromatic heterocycles. The van der Waals surface area contributed by atoms with E-state index in [0.717, 1.165) is 52.4 Å². The molecule has 2 aromatic carbocycles. The molecule has 1 fully saturated rings. The Morgan fingerprint density at radius 2 is 1.94 bits per heavy atom. The summed E-state index contributed by atoms with van der Waals surface area (Å²) in [7, 11) is -1.00. The Labute approximate surface area is 197 Å². The van der Waals surface area contributed by atoms with Crippen molar-refractivity contribution in [2.45, 2.75) is 44.2 Å². The number of benzene rings is 2. The van der Waals surface area contributed by atoms with Crippen molar-refractivity contribution in [2.24, 2.45) is 0 Å². The molecule has 2 atom stereocenters. The van der Waals surface area contributed by atoms with Gasteiger partial charge in [0, 0.05) is 60.9 Å². The lowest BCUT2D eigenvalue weighted by Crippen LogP contribution is -2.47. The van der Waals surface area contributed by atoms with Crippen LogP contribution >= 0.6 is 0 Å². The summed E-state index contributed by atoms with van der Waals surface area (Å²) in [5.41, 5.74) is 4.15. The maximum Gasteiger partial charge on any atom is 0.217 e. The van der Waals surface area contributed by atoms with E-state index in [-0.39, 0.29) is 11.4 Å². The minimum absolute atomic E-state index is 0.00621. The summed E-state index contributed by atoms with van der Waals surface area (Å²) in [6.45, 7) is 8.80. The molecule has 1 N–H and O–H groups in total. The Bertz CT molecular complexity index is 1260. The van der Waals surface area contributed by atoms with Crippen molar-refractivity contribution in [1.29, 1.82) is 0 Å². The molecule has 0 saturated carbocycles. The van der Waals surface area contributed by atoms with Crippen LogP contribution in [-0.2, 0) is 22.1 Å². The monoisotopic (exact) mass is 462 g/mol. The standard InChI is InChI=1S/C26H30N4O2S/c1-18-8-9-22-21(14-18)23(30-11-10-26(3,17-30)28-19(2)31)15-25(27-22)29-12-13-33(32)24-7-5-4-6-20(24)16-29/h4-9,14-15H,10-13,16-17H2,1-3H3,(H,28,31). The second kappa shape index (κ2) is 8.45. The van der Waals surface area contributed by atoms with Crippen molar-refractivity contribution in [3.63, 3.8) is 0 Å². The van der Waals surface area contributed by atoms with E-state index < -0.39 is 10.8 Å². The van der Waals surface area contributed by atoms with Gasteiger partial charge in [-0.2, -0.15) is 0 Å². The number of nitrogens with one attached hydrogen (secondary N) is 1. The summed E-state index contributed by atoms with van der Waals surface area (Å²) in [5.74, 6) is 1.50. The molecule has 3 aromatic rings. The number of anilines is 2. The fourth-order valence-electron chi connectivity index (χ4n) is 5.07. The number of rotatable bonds is 3. The number of carbonyl (C=O) groups is 1. The Hall–Kier alpha value is -2.93. The average Bonchev–Trinajstić information content (AvgIpc) is 3.07. The normalized spacial score (nSPS) is 22.8. The highest BCUT2D eigenvalue weighted by Gasteiger charge is 2.35. The molecule has 6 nitrogen and oxygen atoms in total. The van der Waals surface area contributed by atoms with E-state index in [9.17, 15) is 9.00 Å². The van der Waals surface area contributed by atoms with E-state index in [1.165, 1.54) is 5.56 Å². The van der Waals surface area contributed by atoms with Crippen LogP contribution in [0.4, 0.5) is 11.5 Å². The minimum atomic E-state index is -1.00. The van der Waals surface area contributed by atoms with Gasteiger partial charge in [-0.25, -0.2) is 4.98 Å². The summed E-state index contributed by atoms with van der Waals surface area (Å²) in [6.07, 6.45) is 0.896. The molecular weight excluding hydrogens is 432 g/mol. The molecule has 1 amide bonds. The van der Waals surface area contributed by atoms with Crippen LogP contribution in [0.15, 0.2) is 53.4 Å². The zero-order valence-electron chi connectivity index (χ0n) is 19.4. The topological polar surface area (TPSA) is 65.5 Å². The van der Waals surface area contributed by atoms with E-state index in [1.807, 2.05) is 18.2 Å². The van der Waals surface area contributed by atoms with Crippen LogP contribution in [0, 0.1) is 6.92 Å². The van der Waals surface area contributed by atoms with E-state index in [0.29, 0.717) is 18.8 Å². The van der Waals surface area contributed by atoms with E-state index >= 15 is 0 Å². The first-order valence-electron chi connectivity index (χ1n) is 11.5. The van der Waals surface area contributed by atoms with Crippen molar-refractivity contribution in [2.75, 3.05) is 35.2 Å². The third kappa shape index (κ3) is 4.34. The number of fused-ring (bicyclic) bond motifs is 2. The summed E-state index contributed by atoms with van der Waals surface area (Å²) in [4.78, 5) is 22.3. The first-order chi connectivity index (χ1) is 15.8. The van der Waals surface area contributed by atoms with Crippen molar-refractivity contribution < 1.29 is 9.00 Å². The fourth-order valence-corrected chi connectivity index (χ4v) is 6.33. The van der Waals surface area contributed by atoms with Crippen LogP contribution in [-0.4, -0.2) is 46.0 Å². The molecule has 0 aliphatic carbocycles. The second-order valence-corrected chi connectivity index (χ2v) is 11.1. The number of aryl methyl sites for hydroxylation is 1. The number of carbonyl (C=O) groups excluding carboxylic acids is 1. The lowest BCUT2D eigenvalue weighted by atomic mass is 10.0. The Morgan fingerprint density at radius 3 is 2.76 bits per heavy atom. The molecule has 1 saturated heterocycles. The summed E-state index contributed by atoms with van der Waals surface area (Å²) >= 11 is 0. The predicted octanol–water partition coefficient (Wildman–Crippen LogP) is 3.78. The van der Waals surface area contributed by atoms with Gasteiger partial charge in [-0.1, -0.05) is 29.8 Å². The highest BCUT2D eigenvalue weighted by atomic mass is 32.2. The number of hydrogen-bond acceptors (Lipinski definition) is 5. The zero-order valence-corrected chi connectivity index (χ0v) is 20.2. The van der Waals surface area contributed by atoms with Gasteiger partial charge in [0.15, 0.2) is 0 Å². The maximum atomic E-state index is 12.8. The molecule has 2 unspecified atom stereocenters. The van der Waals surface area contributed by atoms with Crippen molar-refractivity contribution in [1.82, 2.24) is 10.3 Å². The summed E-state index contributed by atoms with van der Waals surface area (Å²) in [5, 5.41) is 4.27. The molecule has 2 aliphatic heterocycles. The van der Waals surface area contributed by atoms with Gasteiger partial charge in [0.2, 0.25) is 5.91 Å². The first kappa shape index (κ1) is 21.9. The van der Waals surface area contributed by atoms with E-state index in [2.05, 4.69) is 59.3 Å². The predicted molar refractivity (Wildman–Crippen MR) is 134 cm³/mol. The van der Waals surface area contributed by atoms with Crippen LogP contribution in [0.3, 0.4) is 0 Å². The van der Waals surface area contributed by atoms with Gasteiger partial charge in [0.05, 0.1) is 21.9 Å². The van der Waals surface area contributed by atoms with Crippen LogP contribution < -0.4 is 15.1 Å². The Balaban J connectivity index is 1.56. The highest BCUT2D eigenvalue weighted by Crippen LogP contribution is 2.36. The van der Waals surface area contributed by atoms with Crippen molar-refractivity contribution in [3.05, 3.63) is 59.7 Å². The van der Waals surface area contributed by atoms with E-state index in [1.54, 1.807) is 6.92 Å². The number of aromatic nitrogens is 1. The summed E-state index contributed by atoms with van der Waals surface area (Å²) in [6, 6.07) is 16.6. The highest BCUT2D eigenvalue weighted by molar-refractivity contribution is 7.85. The summed E-state index contributed by atoms with van der Waals surface area (Å²) < 4.78 is 12.8. The Kier molecular flexibility index (Phi) is 5.60. The molecule has 7 heteroatoms. The van der Waals surface area contributed by atoms with Gasteiger partial charge in [-0.15, -0.1) is 0 Å². The minimum Gasteiger partial charge on any atom is -0.368 e. The lowest BCUT2D eigenvalue weighted by molar-refractivity contribution is -0.120. The smallest absolute Gasteiger partial charge is 0.217 e. The average molecular weight is 463 g/mol. The Morgan fingerprint density at radius 1 is 1.12 bits per heavy atom. The van der Waals surface area contributed by atoms with E-state index in [4.69, 9.17) is 4.98 Å². The van der Waals surface area contributed by atoms with Crippen molar-refractivity contribution in [3.8, 4) is 0 Å². The number of pyridine rings is 1. The van der Waals surface area contributed by atoms with Crippen LogP contribution in [0.1, 0.15) is 31.4 Å². The van der Waals surface area contributed by atoms with Crippen LogP contribution in [0.5, 0.6) is 0 Å². The zero-order chi connectivity index (χ0) is 23.2. The third-order valence-electron chi connectivity index (χ3n) is 6.67. The van der Waals surface area contributed by atoms with Gasteiger partial charge in [0.1, 0.15) is 5.82 Å². The number of amides is 1. The van der Waals surface area contributed by atoms with Gasteiger partial charge < -0.3 is 15.1 Å². The largest absolute Gasteiger partial charge is 0.368 e. The SMILES string of the molecule is CC(=O)NC1(C)CCN(c2cc(N3CCS(=O)c4ccccc4C3)nc3ccc(C)cc23)C1. The molecule has 0 radical (unpaired) electrons. The maximum absolute atomic E-state index is 12.8. The van der Waals surface area contributed by atoms with Gasteiger partial charge in [0.25, 0.3) is 0 Å². The molecule has 0 bridgehead atoms. The van der Waals surface area contributed by atoms with Crippen LogP contribution in [0.25, 0.3) is 10.9 Å². The fraction of sp³-hybridized carbons (Fsp3) is 0.385. The van der Waals surface area contributed by atoms with Gasteiger partial charge in [-0.3, -0.25) is 9.00 Å². The first-order valence-corrected chi connectivity index (χ1v) is 12.8. The number of hydrogen-bond donors (Lipinski definition) is 1. The van der Waals surface area contributed by atoms with Gasteiger partial charge >= 0.3 is 0 Å². The second-order valence-electron chi connectivity index (χ2n) is 9.51. The molecule has 33 heavy (non-hydrogen) atoms. The molecule has 172 valence electrons. The van der Waals surface area contributed by atoms with Crippen molar-refractivity contribution >= 4 is 39.1 Å². The third-order valence-corrected chi connectivity index (χ3v) is 8.11. The molecule has 5 rings (SSSR count). The number of nitrogens with zero attached hydrogens (tertiary/aromatic N) is 3. The quantitative estimate of drug-likeness (QED) is 0.642. The lowest BCUT2D eigenvalue weighted by Gasteiger charge is -2.28. The van der Waals surface area contributed by atoms with Crippen LogP contribution in [0.2, 0.25) is 0 Å². The molecule has 3 heterocycles. The molecule has 0 spiro atoms. The molecule has 2 aliphatic rings.